The zero-order valence-corrected chi connectivity index (χ0v) is 13.1. The molecular weight excluding hydrogens is 308 g/mol. The average molecular weight is 323 g/mol. The molecule has 0 aliphatic rings. The summed E-state index contributed by atoms with van der Waals surface area (Å²) in [6.07, 6.45) is 1.46. The third kappa shape index (κ3) is 3.23. The van der Waals surface area contributed by atoms with Gasteiger partial charge in [-0.3, -0.25) is 9.59 Å². The summed E-state index contributed by atoms with van der Waals surface area (Å²) in [5.74, 6) is 0.445. The highest BCUT2D eigenvalue weighted by atomic mass is 35.5. The number of ether oxygens (including phenoxy) is 2. The van der Waals surface area contributed by atoms with Crippen molar-refractivity contribution in [2.24, 2.45) is 7.05 Å². The number of benzene rings is 1. The van der Waals surface area contributed by atoms with Crippen molar-refractivity contribution in [2.75, 3.05) is 19.5 Å². The molecule has 0 fully saturated rings. The molecule has 22 heavy (non-hydrogen) atoms. The summed E-state index contributed by atoms with van der Waals surface area (Å²) in [7, 11) is 4.53. The maximum atomic E-state index is 12.3. The first-order valence-corrected chi connectivity index (χ1v) is 6.73. The third-order valence-corrected chi connectivity index (χ3v) is 3.37. The minimum atomic E-state index is -0.377. The predicted molar refractivity (Wildman–Crippen MR) is 84.2 cm³/mol. The summed E-state index contributed by atoms with van der Waals surface area (Å²) in [6, 6.07) is 5.91. The minimum absolute atomic E-state index is 0.192. The number of pyridine rings is 1. The summed E-state index contributed by atoms with van der Waals surface area (Å²) in [5, 5.41) is 3.08. The van der Waals surface area contributed by atoms with Gasteiger partial charge in [0.25, 0.3) is 5.91 Å². The lowest BCUT2D eigenvalue weighted by Gasteiger charge is -2.13. The SMILES string of the molecule is COc1cc(NC(=O)c2ccc(=O)n(C)c2)c(OC)cc1Cl. The highest BCUT2D eigenvalue weighted by Gasteiger charge is 2.14. The zero-order chi connectivity index (χ0) is 16.3. The van der Waals surface area contributed by atoms with E-state index in [-0.39, 0.29) is 11.5 Å². The Hall–Kier alpha value is -2.47. The first kappa shape index (κ1) is 15.9. The van der Waals surface area contributed by atoms with E-state index in [1.165, 1.54) is 37.1 Å². The number of hydrogen-bond donors (Lipinski definition) is 1. The average Bonchev–Trinajstić information content (AvgIpc) is 2.51. The van der Waals surface area contributed by atoms with Crippen molar-refractivity contribution < 1.29 is 14.3 Å². The topological polar surface area (TPSA) is 69.6 Å². The molecule has 1 heterocycles. The zero-order valence-electron chi connectivity index (χ0n) is 12.3. The van der Waals surface area contributed by atoms with Crippen molar-refractivity contribution >= 4 is 23.2 Å². The van der Waals surface area contributed by atoms with Crippen LogP contribution in [0.5, 0.6) is 11.5 Å². The van der Waals surface area contributed by atoms with E-state index >= 15 is 0 Å². The Morgan fingerprint density at radius 3 is 2.45 bits per heavy atom. The summed E-state index contributed by atoms with van der Waals surface area (Å²) in [5.41, 5.74) is 0.572. The normalized spacial score (nSPS) is 10.2. The molecule has 1 aromatic heterocycles. The van der Waals surface area contributed by atoms with E-state index in [0.29, 0.717) is 27.8 Å². The van der Waals surface area contributed by atoms with E-state index in [4.69, 9.17) is 21.1 Å². The van der Waals surface area contributed by atoms with Crippen LogP contribution in [0.2, 0.25) is 5.02 Å². The molecule has 0 atom stereocenters. The Balaban J connectivity index is 2.34. The van der Waals surface area contributed by atoms with Crippen LogP contribution in [0.1, 0.15) is 10.4 Å². The van der Waals surface area contributed by atoms with E-state index in [0.717, 1.165) is 0 Å². The molecule has 1 amide bonds. The van der Waals surface area contributed by atoms with Crippen LogP contribution in [-0.4, -0.2) is 24.7 Å². The first-order valence-electron chi connectivity index (χ1n) is 6.36. The van der Waals surface area contributed by atoms with Gasteiger partial charge in [-0.05, 0) is 6.07 Å². The smallest absolute Gasteiger partial charge is 0.257 e. The fourth-order valence-electron chi connectivity index (χ4n) is 1.88. The van der Waals surface area contributed by atoms with Gasteiger partial charge < -0.3 is 19.4 Å². The molecule has 0 saturated carbocycles. The Kier molecular flexibility index (Phi) is 4.72. The monoisotopic (exact) mass is 322 g/mol. The number of rotatable bonds is 4. The van der Waals surface area contributed by atoms with Crippen LogP contribution >= 0.6 is 11.6 Å². The second-order valence-electron chi connectivity index (χ2n) is 4.51. The maximum absolute atomic E-state index is 12.3. The molecule has 7 heteroatoms. The summed E-state index contributed by atoms with van der Waals surface area (Å²) >= 11 is 6.02. The number of carbonyl (C=O) groups excluding carboxylic acids is 1. The van der Waals surface area contributed by atoms with Gasteiger partial charge in [0.05, 0.1) is 30.5 Å². The largest absolute Gasteiger partial charge is 0.495 e. The predicted octanol–water partition coefficient (Wildman–Crippen LogP) is 2.31. The number of anilines is 1. The van der Waals surface area contributed by atoms with Gasteiger partial charge in [-0.2, -0.15) is 0 Å². The molecule has 0 radical (unpaired) electrons. The molecule has 0 aliphatic heterocycles. The van der Waals surface area contributed by atoms with Crippen LogP contribution in [0.25, 0.3) is 0 Å². The van der Waals surface area contributed by atoms with Crippen LogP contribution in [-0.2, 0) is 7.05 Å². The van der Waals surface area contributed by atoms with Gasteiger partial charge in [0.15, 0.2) is 0 Å². The van der Waals surface area contributed by atoms with Crippen LogP contribution in [0.4, 0.5) is 5.69 Å². The molecule has 0 spiro atoms. The van der Waals surface area contributed by atoms with Crippen molar-refractivity contribution in [1.82, 2.24) is 4.57 Å². The molecule has 1 aromatic carbocycles. The van der Waals surface area contributed by atoms with Gasteiger partial charge in [0, 0.05) is 31.4 Å². The van der Waals surface area contributed by atoms with Gasteiger partial charge >= 0.3 is 0 Å². The van der Waals surface area contributed by atoms with E-state index in [9.17, 15) is 9.59 Å². The molecule has 116 valence electrons. The van der Waals surface area contributed by atoms with E-state index < -0.39 is 0 Å². The van der Waals surface area contributed by atoms with Crippen molar-refractivity contribution in [1.29, 1.82) is 0 Å². The number of hydrogen-bond acceptors (Lipinski definition) is 4. The minimum Gasteiger partial charge on any atom is -0.495 e. The standard InChI is InChI=1S/C15H15ClN2O4/c1-18-8-9(4-5-14(18)19)15(20)17-11-7-12(21-2)10(16)6-13(11)22-3/h4-8H,1-3H3,(H,17,20). The molecule has 1 N–H and O–H groups in total. The number of aromatic nitrogens is 1. The van der Waals surface area contributed by atoms with Crippen molar-refractivity contribution in [3.05, 3.63) is 51.4 Å². The lowest BCUT2D eigenvalue weighted by molar-refractivity contribution is 0.102. The number of aryl methyl sites for hydroxylation is 1. The Morgan fingerprint density at radius 1 is 1.18 bits per heavy atom. The molecule has 0 bridgehead atoms. The third-order valence-electron chi connectivity index (χ3n) is 3.07. The van der Waals surface area contributed by atoms with Crippen LogP contribution < -0.4 is 20.3 Å². The molecule has 0 saturated heterocycles. The molecule has 0 aliphatic carbocycles. The fraction of sp³-hybridized carbons (Fsp3) is 0.200. The molecular formula is C15H15ClN2O4. The van der Waals surface area contributed by atoms with Gasteiger partial charge in [0.2, 0.25) is 5.56 Å². The number of methoxy groups -OCH3 is 2. The summed E-state index contributed by atoms with van der Waals surface area (Å²) < 4.78 is 11.6. The highest BCUT2D eigenvalue weighted by Crippen LogP contribution is 2.36. The quantitative estimate of drug-likeness (QED) is 0.937. The van der Waals surface area contributed by atoms with Crippen molar-refractivity contribution in [3.63, 3.8) is 0 Å². The van der Waals surface area contributed by atoms with E-state index in [1.54, 1.807) is 19.2 Å². The number of nitrogens with one attached hydrogen (secondary N) is 1. The second-order valence-corrected chi connectivity index (χ2v) is 4.92. The van der Waals surface area contributed by atoms with Crippen LogP contribution in [0.3, 0.4) is 0 Å². The van der Waals surface area contributed by atoms with Gasteiger partial charge in [-0.1, -0.05) is 11.6 Å². The Labute approximate surface area is 132 Å². The van der Waals surface area contributed by atoms with Crippen LogP contribution in [0.15, 0.2) is 35.3 Å². The molecule has 2 rings (SSSR count). The lowest BCUT2D eigenvalue weighted by atomic mass is 10.2. The molecule has 6 nitrogen and oxygen atoms in total. The highest BCUT2D eigenvalue weighted by molar-refractivity contribution is 6.32. The summed E-state index contributed by atoms with van der Waals surface area (Å²) in [6.45, 7) is 0. The summed E-state index contributed by atoms with van der Waals surface area (Å²) in [4.78, 5) is 23.6. The number of nitrogens with zero attached hydrogens (tertiary/aromatic N) is 1. The maximum Gasteiger partial charge on any atom is 0.257 e. The van der Waals surface area contributed by atoms with E-state index in [1.807, 2.05) is 0 Å². The molecule has 0 unspecified atom stereocenters. The molecule has 2 aromatic rings. The van der Waals surface area contributed by atoms with Crippen molar-refractivity contribution in [2.45, 2.75) is 0 Å². The van der Waals surface area contributed by atoms with Crippen molar-refractivity contribution in [3.8, 4) is 11.5 Å². The number of halogens is 1. The number of amides is 1. The van der Waals surface area contributed by atoms with Gasteiger partial charge in [0.1, 0.15) is 11.5 Å². The fourth-order valence-corrected chi connectivity index (χ4v) is 2.11. The lowest BCUT2D eigenvalue weighted by Crippen LogP contribution is -2.19. The number of carbonyl (C=O) groups is 1. The van der Waals surface area contributed by atoms with Gasteiger partial charge in [-0.15, -0.1) is 0 Å². The van der Waals surface area contributed by atoms with E-state index in [2.05, 4.69) is 5.32 Å². The van der Waals surface area contributed by atoms with Gasteiger partial charge in [-0.25, -0.2) is 0 Å². The van der Waals surface area contributed by atoms with Crippen LogP contribution in [0, 0.1) is 0 Å². The Bertz CT molecular complexity index is 771. The first-order chi connectivity index (χ1) is 10.5. The Morgan fingerprint density at radius 2 is 1.86 bits per heavy atom. The second kappa shape index (κ2) is 6.53.